The van der Waals surface area contributed by atoms with Gasteiger partial charge in [0, 0.05) is 6.16 Å². The third-order valence-corrected chi connectivity index (χ3v) is 7.19. The van der Waals surface area contributed by atoms with Crippen molar-refractivity contribution in [2.75, 3.05) is 34.1 Å². The van der Waals surface area contributed by atoms with Crippen molar-refractivity contribution in [2.24, 2.45) is 0 Å². The van der Waals surface area contributed by atoms with Crippen molar-refractivity contribution in [3.63, 3.8) is 0 Å². The zero-order chi connectivity index (χ0) is 28.3. The Morgan fingerprint density at radius 3 is 2.16 bits per heavy atom. The van der Waals surface area contributed by atoms with Crippen molar-refractivity contribution >= 4 is 25.4 Å². The highest BCUT2D eigenvalue weighted by molar-refractivity contribution is 7.58. The number of rotatable bonds is 14. The first-order valence-corrected chi connectivity index (χ1v) is 13.1. The van der Waals surface area contributed by atoms with Gasteiger partial charge in [-0.3, -0.25) is 4.57 Å². The first-order chi connectivity index (χ1) is 18.0. The summed E-state index contributed by atoms with van der Waals surface area (Å²) in [6, 6.07) is 9.87. The summed E-state index contributed by atoms with van der Waals surface area (Å²) < 4.78 is 38.3. The van der Waals surface area contributed by atoms with Gasteiger partial charge >= 0.3 is 18.0 Å². The first-order valence-electron chi connectivity index (χ1n) is 11.2. The van der Waals surface area contributed by atoms with Gasteiger partial charge in [0.1, 0.15) is 12.6 Å². The van der Waals surface area contributed by atoms with Crippen LogP contribution in [0.15, 0.2) is 42.5 Å². The number of esters is 1. The largest absolute Gasteiger partial charge is 0.493 e. The predicted molar refractivity (Wildman–Crippen MR) is 133 cm³/mol. The second-order valence-electron chi connectivity index (χ2n) is 7.86. The number of aliphatic hydroxyl groups is 1. The molecule has 0 aliphatic carbocycles. The number of ether oxygens (including phenoxy) is 5. The number of nitrogens with one attached hydrogen (secondary N) is 1. The van der Waals surface area contributed by atoms with Gasteiger partial charge in [0.15, 0.2) is 24.0 Å². The highest BCUT2D eigenvalue weighted by atomic mass is 31.2. The third-order valence-electron chi connectivity index (χ3n) is 5.23. The van der Waals surface area contributed by atoms with E-state index < -0.39 is 50.1 Å². The van der Waals surface area contributed by atoms with Crippen LogP contribution >= 0.6 is 7.37 Å². The Hall–Kier alpha value is -3.80. The average Bonchev–Trinajstić information content (AvgIpc) is 2.91. The maximum absolute atomic E-state index is 13.0. The summed E-state index contributed by atoms with van der Waals surface area (Å²) in [6.45, 7) is -0.767. The maximum Gasteiger partial charge on any atom is 0.408 e. The number of aliphatic carboxylic acids is 1. The lowest BCUT2D eigenvalue weighted by molar-refractivity contribution is -0.143. The summed E-state index contributed by atoms with van der Waals surface area (Å²) in [5.41, 5.74) is 0.627. The van der Waals surface area contributed by atoms with Gasteiger partial charge in [0.05, 0.1) is 21.3 Å². The summed E-state index contributed by atoms with van der Waals surface area (Å²) in [5.74, 6) is -4.24. The molecule has 0 fully saturated rings. The second kappa shape index (κ2) is 14.2. The van der Waals surface area contributed by atoms with E-state index in [2.05, 4.69) is 10.1 Å². The van der Waals surface area contributed by atoms with E-state index in [1.165, 1.54) is 26.4 Å². The van der Waals surface area contributed by atoms with Gasteiger partial charge in [-0.1, -0.05) is 30.3 Å². The molecule has 14 heteroatoms. The molecule has 1 amide bonds. The number of aliphatic hydroxyl groups excluding tert-OH is 1. The fourth-order valence-electron chi connectivity index (χ4n) is 3.29. The van der Waals surface area contributed by atoms with Crippen LogP contribution in [-0.4, -0.2) is 73.3 Å². The van der Waals surface area contributed by atoms with Crippen molar-refractivity contribution in [2.45, 2.75) is 24.9 Å². The lowest BCUT2D eigenvalue weighted by Crippen LogP contribution is -2.42. The van der Waals surface area contributed by atoms with E-state index in [-0.39, 0.29) is 35.8 Å². The zero-order valence-electron chi connectivity index (χ0n) is 21.0. The highest BCUT2D eigenvalue weighted by Gasteiger charge is 2.35. The lowest BCUT2D eigenvalue weighted by atomic mass is 10.2. The van der Waals surface area contributed by atoms with Crippen LogP contribution in [0, 0.1) is 0 Å². The number of carboxylic acids is 1. The molecule has 0 saturated heterocycles. The van der Waals surface area contributed by atoms with Gasteiger partial charge in [-0.15, -0.1) is 0 Å². The van der Waals surface area contributed by atoms with Crippen LogP contribution in [0.4, 0.5) is 4.79 Å². The topological polar surface area (TPSA) is 187 Å². The smallest absolute Gasteiger partial charge is 0.408 e. The van der Waals surface area contributed by atoms with Crippen molar-refractivity contribution in [1.82, 2.24) is 5.32 Å². The number of carbonyl (C=O) groups is 3. The van der Waals surface area contributed by atoms with Gasteiger partial charge in [0.2, 0.25) is 13.1 Å². The van der Waals surface area contributed by atoms with Crippen molar-refractivity contribution in [3.05, 3.63) is 53.6 Å². The molecule has 2 aromatic carbocycles. The van der Waals surface area contributed by atoms with E-state index in [9.17, 15) is 28.9 Å². The van der Waals surface area contributed by atoms with Gasteiger partial charge in [0.25, 0.3) is 0 Å². The molecule has 0 saturated carbocycles. The standard InChI is InChI=1S/C24H30NO12P/c1-33-18-11-16(12-19(34-2)21(18)36-14-20(26)27)23(29)38(31,32)10-9-17(22(28)35-3)25-24(30)37-13-15-7-5-4-6-8-15/h4-8,11-12,17,23,29H,9-10,13-14H2,1-3H3,(H,25,30)(H,26,27)(H,31,32)/t17-,23?/m0/s1. The van der Waals surface area contributed by atoms with Crippen LogP contribution < -0.4 is 19.5 Å². The fourth-order valence-corrected chi connectivity index (χ4v) is 4.78. The molecule has 2 unspecified atom stereocenters. The van der Waals surface area contributed by atoms with Crippen molar-refractivity contribution in [1.29, 1.82) is 0 Å². The van der Waals surface area contributed by atoms with Crippen LogP contribution in [0.5, 0.6) is 17.2 Å². The summed E-state index contributed by atoms with van der Waals surface area (Å²) in [4.78, 5) is 45.9. The minimum Gasteiger partial charge on any atom is -0.493 e. The van der Waals surface area contributed by atoms with E-state index in [1.54, 1.807) is 30.3 Å². The third kappa shape index (κ3) is 8.65. The number of carbonyl (C=O) groups excluding carboxylic acids is 2. The van der Waals surface area contributed by atoms with E-state index in [0.29, 0.717) is 5.56 Å². The lowest BCUT2D eigenvalue weighted by Gasteiger charge is -2.23. The molecule has 13 nitrogen and oxygen atoms in total. The summed E-state index contributed by atoms with van der Waals surface area (Å²) in [5, 5.41) is 21.9. The van der Waals surface area contributed by atoms with Gasteiger partial charge in [-0.2, -0.15) is 0 Å². The number of hydrogen-bond acceptors (Lipinski definition) is 10. The minimum atomic E-state index is -4.41. The van der Waals surface area contributed by atoms with E-state index >= 15 is 0 Å². The Morgan fingerprint density at radius 2 is 1.63 bits per heavy atom. The number of methoxy groups -OCH3 is 3. The number of benzene rings is 2. The molecule has 208 valence electrons. The Bertz CT molecular complexity index is 1130. The molecule has 4 N–H and O–H groups in total. The highest BCUT2D eigenvalue weighted by Crippen LogP contribution is 2.56. The number of carboxylic acid groups (broad SMARTS) is 1. The van der Waals surface area contributed by atoms with Crippen LogP contribution in [-0.2, 0) is 30.2 Å². The summed E-state index contributed by atoms with van der Waals surface area (Å²) >= 11 is 0. The maximum atomic E-state index is 13.0. The normalized spacial score (nSPS) is 13.8. The molecule has 0 radical (unpaired) electrons. The molecular weight excluding hydrogens is 525 g/mol. The Labute approximate surface area is 218 Å². The molecule has 0 spiro atoms. The molecule has 3 atom stereocenters. The van der Waals surface area contributed by atoms with Crippen LogP contribution in [0.25, 0.3) is 0 Å². The zero-order valence-corrected chi connectivity index (χ0v) is 21.9. The Morgan fingerprint density at radius 1 is 1.03 bits per heavy atom. The summed E-state index contributed by atoms with van der Waals surface area (Å²) in [7, 11) is -0.823. The molecule has 38 heavy (non-hydrogen) atoms. The quantitative estimate of drug-likeness (QED) is 0.197. The number of hydrogen-bond donors (Lipinski definition) is 4. The van der Waals surface area contributed by atoms with Crippen LogP contribution in [0.1, 0.15) is 23.4 Å². The fraction of sp³-hybridized carbons (Fsp3) is 0.375. The Balaban J connectivity index is 2.13. The molecule has 0 aliphatic rings. The number of amides is 1. The monoisotopic (exact) mass is 555 g/mol. The average molecular weight is 555 g/mol. The molecule has 0 aliphatic heterocycles. The van der Waals surface area contributed by atoms with Crippen LogP contribution in [0.3, 0.4) is 0 Å². The van der Waals surface area contributed by atoms with Crippen molar-refractivity contribution < 1.29 is 57.7 Å². The molecular formula is C24H30NO12P. The van der Waals surface area contributed by atoms with Gasteiger partial charge < -0.3 is 44.1 Å². The van der Waals surface area contributed by atoms with E-state index in [1.807, 2.05) is 0 Å². The SMILES string of the molecule is COC(=O)[C@H](CCP(=O)(O)C(O)c1cc(OC)c(OCC(=O)O)c(OC)c1)NC(=O)OCc1ccccc1. The van der Waals surface area contributed by atoms with E-state index in [0.717, 1.165) is 7.11 Å². The van der Waals surface area contributed by atoms with Crippen LogP contribution in [0.2, 0.25) is 0 Å². The predicted octanol–water partition coefficient (Wildman–Crippen LogP) is 2.29. The van der Waals surface area contributed by atoms with E-state index in [4.69, 9.17) is 24.1 Å². The van der Waals surface area contributed by atoms with Gasteiger partial charge in [-0.25, -0.2) is 14.4 Å². The minimum absolute atomic E-state index is 0.0464. The second-order valence-corrected chi connectivity index (χ2v) is 10.3. The molecule has 2 rings (SSSR count). The first kappa shape index (κ1) is 30.4. The molecule has 2 aromatic rings. The molecule has 0 bridgehead atoms. The van der Waals surface area contributed by atoms with Gasteiger partial charge in [-0.05, 0) is 29.7 Å². The molecule has 0 heterocycles. The Kier molecular flexibility index (Phi) is 11.4. The molecule has 0 aromatic heterocycles. The summed E-state index contributed by atoms with van der Waals surface area (Å²) in [6.07, 6.45) is -1.88. The number of alkyl carbamates (subject to hydrolysis) is 1. The van der Waals surface area contributed by atoms with Crippen molar-refractivity contribution in [3.8, 4) is 17.2 Å².